The van der Waals surface area contributed by atoms with Crippen molar-refractivity contribution in [1.82, 2.24) is 4.90 Å². The third-order valence-electron chi connectivity index (χ3n) is 4.49. The van der Waals surface area contributed by atoms with Gasteiger partial charge in [-0.1, -0.05) is 0 Å². The van der Waals surface area contributed by atoms with E-state index in [1.165, 1.54) is 0 Å². The highest BCUT2D eigenvalue weighted by Crippen LogP contribution is 2.37. The van der Waals surface area contributed by atoms with Crippen LogP contribution in [0.3, 0.4) is 0 Å². The summed E-state index contributed by atoms with van der Waals surface area (Å²) in [5.74, 6) is -2.72. The maximum Gasteiger partial charge on any atom is 0.248 e. The number of amides is 1. The molecule has 0 radical (unpaired) electrons. The smallest absolute Gasteiger partial charge is 0.248 e. The fraction of sp³-hybridized carbons (Fsp3) is 0.929. The minimum Gasteiger partial charge on any atom is -0.388 e. The van der Waals surface area contributed by atoms with Gasteiger partial charge in [0.25, 0.3) is 0 Å². The van der Waals surface area contributed by atoms with E-state index in [0.717, 1.165) is 19.5 Å². The van der Waals surface area contributed by atoms with Crippen LogP contribution in [-0.2, 0) is 4.79 Å². The van der Waals surface area contributed by atoms with Gasteiger partial charge in [-0.15, -0.1) is 0 Å². The molecule has 1 atom stereocenters. The Hall–Kier alpha value is -0.750. The molecule has 2 aliphatic rings. The standard InChI is InChI=1S/C14H24F2N2O2/c15-14(16)5-2-11(3-6-14)9-18-7-1-4-13(20,10-18)8-12(17)19/h11,20H,1-10H2,(H2,17,19). The highest BCUT2D eigenvalue weighted by atomic mass is 19.3. The van der Waals surface area contributed by atoms with E-state index in [1.54, 1.807) is 0 Å². The number of β-amino-alcohol motifs (C(OH)–C–C–N with tert-alkyl or cyclic N) is 1. The minimum atomic E-state index is -2.49. The first-order chi connectivity index (χ1) is 9.28. The summed E-state index contributed by atoms with van der Waals surface area (Å²) in [7, 11) is 0. The summed E-state index contributed by atoms with van der Waals surface area (Å²) >= 11 is 0. The van der Waals surface area contributed by atoms with Crippen LogP contribution in [-0.4, -0.2) is 47.1 Å². The fourth-order valence-corrected chi connectivity index (χ4v) is 3.48. The van der Waals surface area contributed by atoms with Crippen LogP contribution in [0.2, 0.25) is 0 Å². The number of hydrogen-bond donors (Lipinski definition) is 2. The Kier molecular flexibility index (Phi) is 4.64. The maximum atomic E-state index is 13.1. The van der Waals surface area contributed by atoms with E-state index < -0.39 is 17.4 Å². The van der Waals surface area contributed by atoms with Gasteiger partial charge in [0.05, 0.1) is 12.0 Å². The second kappa shape index (κ2) is 5.93. The molecule has 20 heavy (non-hydrogen) atoms. The molecule has 1 saturated heterocycles. The first-order valence-electron chi connectivity index (χ1n) is 7.39. The quantitative estimate of drug-likeness (QED) is 0.825. The molecule has 116 valence electrons. The molecule has 6 heteroatoms. The molecule has 0 bridgehead atoms. The Morgan fingerprint density at radius 2 is 1.95 bits per heavy atom. The van der Waals surface area contributed by atoms with Crippen LogP contribution in [0.5, 0.6) is 0 Å². The summed E-state index contributed by atoms with van der Waals surface area (Å²) in [6.07, 6.45) is 2.39. The molecule has 4 nitrogen and oxygen atoms in total. The van der Waals surface area contributed by atoms with Gasteiger partial charge in [-0.2, -0.15) is 0 Å². The monoisotopic (exact) mass is 290 g/mol. The number of carbonyl (C=O) groups excluding carboxylic acids is 1. The number of nitrogens with two attached hydrogens (primary N) is 1. The van der Waals surface area contributed by atoms with Crippen molar-refractivity contribution in [2.24, 2.45) is 11.7 Å². The lowest BCUT2D eigenvalue weighted by Gasteiger charge is -2.41. The van der Waals surface area contributed by atoms with Gasteiger partial charge < -0.3 is 15.7 Å². The third-order valence-corrected chi connectivity index (χ3v) is 4.49. The van der Waals surface area contributed by atoms with E-state index in [0.29, 0.717) is 25.8 Å². The van der Waals surface area contributed by atoms with Gasteiger partial charge in [-0.05, 0) is 38.1 Å². The molecule has 1 saturated carbocycles. The number of hydrogen-bond acceptors (Lipinski definition) is 3. The van der Waals surface area contributed by atoms with Crippen LogP contribution < -0.4 is 5.73 Å². The van der Waals surface area contributed by atoms with Gasteiger partial charge in [0.15, 0.2) is 0 Å². The third kappa shape index (κ3) is 4.38. The van der Waals surface area contributed by atoms with Crippen LogP contribution in [0.1, 0.15) is 44.9 Å². The molecular weight excluding hydrogens is 266 g/mol. The van der Waals surface area contributed by atoms with E-state index in [4.69, 9.17) is 5.73 Å². The number of nitrogens with zero attached hydrogens (tertiary/aromatic N) is 1. The first-order valence-corrected chi connectivity index (χ1v) is 7.39. The predicted octanol–water partition coefficient (Wildman–Crippen LogP) is 1.51. The summed E-state index contributed by atoms with van der Waals surface area (Å²) in [5.41, 5.74) is 4.13. The zero-order valence-electron chi connectivity index (χ0n) is 11.8. The molecule has 1 unspecified atom stereocenters. The number of piperidine rings is 1. The normalized spacial score (nSPS) is 32.1. The lowest BCUT2D eigenvalue weighted by Crippen LogP contribution is -2.51. The fourth-order valence-electron chi connectivity index (χ4n) is 3.48. The van der Waals surface area contributed by atoms with Crippen molar-refractivity contribution in [3.8, 4) is 0 Å². The van der Waals surface area contributed by atoms with Crippen LogP contribution in [0.25, 0.3) is 0 Å². The van der Waals surface area contributed by atoms with Crippen LogP contribution in [0.15, 0.2) is 0 Å². The first kappa shape index (κ1) is 15.6. The van der Waals surface area contributed by atoms with E-state index >= 15 is 0 Å². The molecule has 1 amide bonds. The topological polar surface area (TPSA) is 66.6 Å². The second-order valence-electron chi connectivity index (χ2n) is 6.51. The number of alkyl halides is 2. The van der Waals surface area contributed by atoms with Crippen molar-refractivity contribution in [2.75, 3.05) is 19.6 Å². The molecule has 1 heterocycles. The average molecular weight is 290 g/mol. The summed E-state index contributed by atoms with van der Waals surface area (Å²) in [6, 6.07) is 0. The van der Waals surface area contributed by atoms with E-state index in [9.17, 15) is 18.7 Å². The Balaban J connectivity index is 1.83. The van der Waals surface area contributed by atoms with Gasteiger partial charge in [-0.3, -0.25) is 4.79 Å². The van der Waals surface area contributed by atoms with Crippen LogP contribution in [0, 0.1) is 5.92 Å². The number of primary amides is 1. The highest BCUT2D eigenvalue weighted by molar-refractivity contribution is 5.75. The molecular formula is C14H24F2N2O2. The SMILES string of the molecule is NC(=O)CC1(O)CCCN(CC2CCC(F)(F)CC2)C1. The lowest BCUT2D eigenvalue weighted by atomic mass is 9.84. The van der Waals surface area contributed by atoms with Crippen molar-refractivity contribution in [3.63, 3.8) is 0 Å². The number of likely N-dealkylation sites (tertiary alicyclic amines) is 1. The zero-order chi connectivity index (χ0) is 14.8. The summed E-state index contributed by atoms with van der Waals surface area (Å²) in [6.45, 7) is 2.01. The number of halogens is 2. The lowest BCUT2D eigenvalue weighted by molar-refractivity contribution is -0.126. The van der Waals surface area contributed by atoms with Crippen molar-refractivity contribution < 1.29 is 18.7 Å². The average Bonchev–Trinajstić information content (AvgIpc) is 2.30. The summed E-state index contributed by atoms with van der Waals surface area (Å²) in [4.78, 5) is 13.1. The van der Waals surface area contributed by atoms with Crippen molar-refractivity contribution >= 4 is 5.91 Å². The Morgan fingerprint density at radius 1 is 1.30 bits per heavy atom. The molecule has 0 aromatic carbocycles. The van der Waals surface area contributed by atoms with Crippen molar-refractivity contribution in [2.45, 2.75) is 56.5 Å². The van der Waals surface area contributed by atoms with E-state index in [1.807, 2.05) is 0 Å². The van der Waals surface area contributed by atoms with Gasteiger partial charge in [0, 0.05) is 25.9 Å². The van der Waals surface area contributed by atoms with E-state index in [2.05, 4.69) is 4.90 Å². The molecule has 1 aliphatic heterocycles. The Labute approximate surface area is 118 Å². The molecule has 2 fully saturated rings. The van der Waals surface area contributed by atoms with Gasteiger partial charge >= 0.3 is 0 Å². The van der Waals surface area contributed by atoms with Gasteiger partial charge in [0.2, 0.25) is 11.8 Å². The van der Waals surface area contributed by atoms with Gasteiger partial charge in [-0.25, -0.2) is 8.78 Å². The Morgan fingerprint density at radius 3 is 2.55 bits per heavy atom. The van der Waals surface area contributed by atoms with Crippen LogP contribution in [0.4, 0.5) is 8.78 Å². The zero-order valence-corrected chi connectivity index (χ0v) is 11.8. The Bertz CT molecular complexity index is 355. The number of aliphatic hydroxyl groups is 1. The second-order valence-corrected chi connectivity index (χ2v) is 6.51. The summed E-state index contributed by atoms with van der Waals surface area (Å²) in [5, 5.41) is 10.4. The molecule has 0 aromatic heterocycles. The van der Waals surface area contributed by atoms with E-state index in [-0.39, 0.29) is 25.2 Å². The molecule has 2 rings (SSSR count). The number of rotatable bonds is 4. The van der Waals surface area contributed by atoms with Crippen molar-refractivity contribution in [3.05, 3.63) is 0 Å². The molecule has 3 N–H and O–H groups in total. The minimum absolute atomic E-state index is 0.0216. The highest BCUT2D eigenvalue weighted by Gasteiger charge is 2.38. The predicted molar refractivity (Wildman–Crippen MR) is 71.3 cm³/mol. The summed E-state index contributed by atoms with van der Waals surface area (Å²) < 4.78 is 26.2. The van der Waals surface area contributed by atoms with Crippen molar-refractivity contribution in [1.29, 1.82) is 0 Å². The molecule has 1 aliphatic carbocycles. The molecule has 0 spiro atoms. The maximum absolute atomic E-state index is 13.1. The van der Waals surface area contributed by atoms with Gasteiger partial charge in [0.1, 0.15) is 0 Å². The molecule has 0 aromatic rings. The number of carbonyl (C=O) groups is 1. The van der Waals surface area contributed by atoms with Crippen LogP contribution >= 0.6 is 0 Å². The largest absolute Gasteiger partial charge is 0.388 e.